The molecule has 1 rings (SSSR count). The number of likely N-dealkylation sites (N-methyl/N-ethyl adjacent to an activating group) is 1. The fourth-order valence-corrected chi connectivity index (χ4v) is 2.44. The minimum absolute atomic E-state index is 0.195. The van der Waals surface area contributed by atoms with Crippen molar-refractivity contribution in [3.8, 4) is 0 Å². The highest BCUT2D eigenvalue weighted by Crippen LogP contribution is 2.16. The molecule has 108 valence electrons. The van der Waals surface area contributed by atoms with E-state index in [1.807, 2.05) is 7.05 Å². The van der Waals surface area contributed by atoms with Crippen molar-refractivity contribution < 1.29 is 8.42 Å². The van der Waals surface area contributed by atoms with Crippen molar-refractivity contribution in [3.05, 3.63) is 29.3 Å². The standard InChI is InChI=1S/C14H24N2O2S/c1-12-9-13(2)11-14(10-12)16(3)7-5-15-6-8-19(4,17)18/h9-11,15H,5-8H2,1-4H3. The third kappa shape index (κ3) is 6.59. The quantitative estimate of drug-likeness (QED) is 0.768. The average molecular weight is 284 g/mol. The van der Waals surface area contributed by atoms with Gasteiger partial charge in [-0.25, -0.2) is 8.42 Å². The minimum Gasteiger partial charge on any atom is -0.373 e. The van der Waals surface area contributed by atoms with Crippen molar-refractivity contribution in [3.63, 3.8) is 0 Å². The van der Waals surface area contributed by atoms with Crippen molar-refractivity contribution in [1.82, 2.24) is 5.32 Å². The van der Waals surface area contributed by atoms with Crippen LogP contribution in [0.5, 0.6) is 0 Å². The molecule has 0 saturated carbocycles. The highest BCUT2D eigenvalue weighted by atomic mass is 32.2. The molecule has 0 aliphatic rings. The summed E-state index contributed by atoms with van der Waals surface area (Å²) in [4.78, 5) is 2.17. The van der Waals surface area contributed by atoms with E-state index in [2.05, 4.69) is 42.3 Å². The number of hydrogen-bond donors (Lipinski definition) is 1. The normalized spacial score (nSPS) is 11.6. The molecule has 5 heteroatoms. The second-order valence-electron chi connectivity index (χ2n) is 5.15. The second kappa shape index (κ2) is 6.91. The van der Waals surface area contributed by atoms with Gasteiger partial charge in [0.2, 0.25) is 0 Å². The summed E-state index contributed by atoms with van der Waals surface area (Å²) >= 11 is 0. The van der Waals surface area contributed by atoms with E-state index in [-0.39, 0.29) is 5.75 Å². The number of anilines is 1. The van der Waals surface area contributed by atoms with Crippen LogP contribution < -0.4 is 10.2 Å². The minimum atomic E-state index is -2.86. The maximum absolute atomic E-state index is 11.0. The molecule has 0 bridgehead atoms. The molecule has 0 radical (unpaired) electrons. The molecule has 0 heterocycles. The summed E-state index contributed by atoms with van der Waals surface area (Å²) < 4.78 is 21.9. The third-order valence-electron chi connectivity index (χ3n) is 2.92. The van der Waals surface area contributed by atoms with Crippen LogP contribution in [-0.2, 0) is 9.84 Å². The van der Waals surface area contributed by atoms with E-state index in [0.29, 0.717) is 6.54 Å². The van der Waals surface area contributed by atoms with E-state index in [0.717, 1.165) is 13.1 Å². The number of sulfone groups is 1. The summed E-state index contributed by atoms with van der Waals surface area (Å²) in [5.74, 6) is 0.195. The summed E-state index contributed by atoms with van der Waals surface area (Å²) in [7, 11) is -0.816. The maximum Gasteiger partial charge on any atom is 0.148 e. The Labute approximate surface area is 116 Å². The maximum atomic E-state index is 11.0. The number of benzene rings is 1. The van der Waals surface area contributed by atoms with Crippen LogP contribution in [0.15, 0.2) is 18.2 Å². The number of aryl methyl sites for hydroxylation is 2. The van der Waals surface area contributed by atoms with E-state index < -0.39 is 9.84 Å². The average Bonchev–Trinajstić information content (AvgIpc) is 2.25. The molecule has 0 fully saturated rings. The lowest BCUT2D eigenvalue weighted by atomic mass is 10.1. The Morgan fingerprint density at radius 1 is 1.11 bits per heavy atom. The van der Waals surface area contributed by atoms with Gasteiger partial charge >= 0.3 is 0 Å². The van der Waals surface area contributed by atoms with Crippen LogP contribution >= 0.6 is 0 Å². The fraction of sp³-hybridized carbons (Fsp3) is 0.571. The van der Waals surface area contributed by atoms with Crippen molar-refractivity contribution in [2.75, 3.05) is 43.6 Å². The zero-order valence-electron chi connectivity index (χ0n) is 12.2. The van der Waals surface area contributed by atoms with E-state index in [1.165, 1.54) is 23.1 Å². The van der Waals surface area contributed by atoms with Gasteiger partial charge in [-0.1, -0.05) is 6.07 Å². The summed E-state index contributed by atoms with van der Waals surface area (Å²) in [5, 5.41) is 3.15. The van der Waals surface area contributed by atoms with Gasteiger partial charge in [-0.2, -0.15) is 0 Å². The number of nitrogens with zero attached hydrogens (tertiary/aromatic N) is 1. The summed E-state index contributed by atoms with van der Waals surface area (Å²) in [6.45, 7) is 6.33. The Balaban J connectivity index is 2.37. The molecule has 1 N–H and O–H groups in total. The van der Waals surface area contributed by atoms with Crippen LogP contribution in [0.3, 0.4) is 0 Å². The Hall–Kier alpha value is -1.07. The van der Waals surface area contributed by atoms with E-state index in [4.69, 9.17) is 0 Å². The number of rotatable bonds is 7. The topological polar surface area (TPSA) is 49.4 Å². The Bertz CT molecular complexity index is 492. The molecule has 0 spiro atoms. The highest BCUT2D eigenvalue weighted by Gasteiger charge is 2.03. The SMILES string of the molecule is Cc1cc(C)cc(N(C)CCNCCS(C)(=O)=O)c1. The predicted molar refractivity (Wildman–Crippen MR) is 81.8 cm³/mol. The van der Waals surface area contributed by atoms with Crippen molar-refractivity contribution in [1.29, 1.82) is 0 Å². The lowest BCUT2D eigenvalue weighted by molar-refractivity contribution is 0.596. The monoisotopic (exact) mass is 284 g/mol. The Morgan fingerprint density at radius 3 is 2.21 bits per heavy atom. The molecule has 0 atom stereocenters. The fourth-order valence-electron chi connectivity index (χ4n) is 1.93. The van der Waals surface area contributed by atoms with Gasteiger partial charge in [-0.3, -0.25) is 0 Å². The Morgan fingerprint density at radius 2 is 1.68 bits per heavy atom. The molecule has 0 aliphatic carbocycles. The molecule has 4 nitrogen and oxygen atoms in total. The molecular formula is C14H24N2O2S. The van der Waals surface area contributed by atoms with Gasteiger partial charge in [0.05, 0.1) is 5.75 Å². The van der Waals surface area contributed by atoms with Crippen LogP contribution in [0.1, 0.15) is 11.1 Å². The zero-order valence-corrected chi connectivity index (χ0v) is 13.0. The van der Waals surface area contributed by atoms with Crippen LogP contribution in [0.4, 0.5) is 5.69 Å². The molecule has 0 unspecified atom stereocenters. The first kappa shape index (κ1) is 16.0. The molecule has 0 saturated heterocycles. The first-order chi connectivity index (χ1) is 8.78. The first-order valence-corrected chi connectivity index (χ1v) is 8.52. The van der Waals surface area contributed by atoms with Crippen molar-refractivity contribution in [2.45, 2.75) is 13.8 Å². The van der Waals surface area contributed by atoms with Crippen molar-refractivity contribution in [2.24, 2.45) is 0 Å². The van der Waals surface area contributed by atoms with Gasteiger partial charge in [-0.05, 0) is 37.1 Å². The van der Waals surface area contributed by atoms with Crippen LogP contribution in [0.2, 0.25) is 0 Å². The Kier molecular flexibility index (Phi) is 5.82. The number of hydrogen-bond acceptors (Lipinski definition) is 4. The summed E-state index contributed by atoms with van der Waals surface area (Å²) in [6, 6.07) is 6.47. The van der Waals surface area contributed by atoms with Gasteiger partial charge in [0, 0.05) is 38.6 Å². The summed E-state index contributed by atoms with van der Waals surface area (Å²) in [6.07, 6.45) is 1.26. The molecule has 0 aliphatic heterocycles. The van der Waals surface area contributed by atoms with E-state index >= 15 is 0 Å². The first-order valence-electron chi connectivity index (χ1n) is 6.46. The highest BCUT2D eigenvalue weighted by molar-refractivity contribution is 7.90. The molecular weight excluding hydrogens is 260 g/mol. The summed E-state index contributed by atoms with van der Waals surface area (Å²) in [5.41, 5.74) is 3.71. The molecule has 0 amide bonds. The lowest BCUT2D eigenvalue weighted by Gasteiger charge is -2.20. The second-order valence-corrected chi connectivity index (χ2v) is 7.41. The van der Waals surface area contributed by atoms with Crippen LogP contribution in [0.25, 0.3) is 0 Å². The molecule has 0 aromatic heterocycles. The molecule has 19 heavy (non-hydrogen) atoms. The van der Waals surface area contributed by atoms with Crippen molar-refractivity contribution >= 4 is 15.5 Å². The van der Waals surface area contributed by atoms with Gasteiger partial charge < -0.3 is 10.2 Å². The molecule has 1 aromatic carbocycles. The van der Waals surface area contributed by atoms with E-state index in [1.54, 1.807) is 0 Å². The van der Waals surface area contributed by atoms with Gasteiger partial charge in [0.1, 0.15) is 9.84 Å². The largest absolute Gasteiger partial charge is 0.373 e. The predicted octanol–water partition coefficient (Wildman–Crippen LogP) is 1.37. The third-order valence-corrected chi connectivity index (χ3v) is 3.87. The van der Waals surface area contributed by atoms with Crippen LogP contribution in [0, 0.1) is 13.8 Å². The lowest BCUT2D eigenvalue weighted by Crippen LogP contribution is -2.31. The number of nitrogens with one attached hydrogen (secondary N) is 1. The van der Waals surface area contributed by atoms with Gasteiger partial charge in [-0.15, -0.1) is 0 Å². The zero-order chi connectivity index (χ0) is 14.5. The van der Waals surface area contributed by atoms with E-state index in [9.17, 15) is 8.42 Å². The van der Waals surface area contributed by atoms with Crippen LogP contribution in [-0.4, -0.2) is 47.1 Å². The molecule has 1 aromatic rings. The smallest absolute Gasteiger partial charge is 0.148 e. The van der Waals surface area contributed by atoms with Gasteiger partial charge in [0.25, 0.3) is 0 Å². The van der Waals surface area contributed by atoms with Gasteiger partial charge in [0.15, 0.2) is 0 Å².